The van der Waals surface area contributed by atoms with E-state index in [4.69, 9.17) is 5.73 Å². The van der Waals surface area contributed by atoms with Crippen LogP contribution < -0.4 is 5.73 Å². The van der Waals surface area contributed by atoms with Crippen LogP contribution in [0.2, 0.25) is 0 Å². The molecule has 0 saturated heterocycles. The van der Waals surface area contributed by atoms with Crippen molar-refractivity contribution in [2.45, 2.75) is 0 Å². The Hall–Kier alpha value is -2.34. The first-order chi connectivity index (χ1) is 7.22. The predicted molar refractivity (Wildman–Crippen MR) is 57.6 cm³/mol. The van der Waals surface area contributed by atoms with Gasteiger partial charge in [-0.3, -0.25) is 9.59 Å². The minimum atomic E-state index is -0.653. The lowest BCUT2D eigenvalue weighted by Gasteiger charge is -1.92. The SMILES string of the molecule is NC(=O)C#Cc1ccc(/C=C/C=O)cc1. The van der Waals surface area contributed by atoms with E-state index < -0.39 is 5.91 Å². The molecule has 0 bridgehead atoms. The number of nitrogens with two attached hydrogens (primary N) is 1. The van der Waals surface area contributed by atoms with Gasteiger partial charge in [0.1, 0.15) is 6.29 Å². The minimum Gasteiger partial charge on any atom is -0.359 e. The summed E-state index contributed by atoms with van der Waals surface area (Å²) < 4.78 is 0. The average Bonchev–Trinajstić information content (AvgIpc) is 2.25. The van der Waals surface area contributed by atoms with Crippen LogP contribution in [0.25, 0.3) is 6.08 Å². The molecular formula is C12H9NO2. The van der Waals surface area contributed by atoms with Gasteiger partial charge in [0.05, 0.1) is 0 Å². The molecular weight excluding hydrogens is 190 g/mol. The molecule has 3 nitrogen and oxygen atoms in total. The largest absolute Gasteiger partial charge is 0.359 e. The molecule has 1 rings (SSSR count). The molecule has 0 aliphatic heterocycles. The number of primary amides is 1. The number of aldehydes is 1. The van der Waals surface area contributed by atoms with Gasteiger partial charge in [-0.25, -0.2) is 0 Å². The third kappa shape index (κ3) is 3.92. The van der Waals surface area contributed by atoms with E-state index in [0.29, 0.717) is 11.8 Å². The molecule has 1 amide bonds. The molecule has 2 N–H and O–H groups in total. The first kappa shape index (κ1) is 10.7. The van der Waals surface area contributed by atoms with E-state index in [-0.39, 0.29) is 0 Å². The lowest BCUT2D eigenvalue weighted by molar-refractivity contribution is -0.112. The topological polar surface area (TPSA) is 60.2 Å². The molecule has 0 aliphatic rings. The van der Waals surface area contributed by atoms with E-state index in [0.717, 1.165) is 5.56 Å². The first-order valence-corrected chi connectivity index (χ1v) is 4.26. The Morgan fingerprint density at radius 3 is 2.47 bits per heavy atom. The van der Waals surface area contributed by atoms with Gasteiger partial charge in [-0.2, -0.15) is 0 Å². The molecule has 1 aromatic carbocycles. The highest BCUT2D eigenvalue weighted by Gasteiger charge is 1.88. The zero-order valence-electron chi connectivity index (χ0n) is 7.94. The smallest absolute Gasteiger partial charge is 0.293 e. The Morgan fingerprint density at radius 1 is 1.27 bits per heavy atom. The second-order valence-corrected chi connectivity index (χ2v) is 2.73. The summed E-state index contributed by atoms with van der Waals surface area (Å²) in [6.07, 6.45) is 3.79. The summed E-state index contributed by atoms with van der Waals surface area (Å²) in [5.74, 6) is 4.20. The number of carbonyl (C=O) groups is 2. The molecule has 15 heavy (non-hydrogen) atoms. The van der Waals surface area contributed by atoms with E-state index in [1.165, 1.54) is 6.08 Å². The summed E-state index contributed by atoms with van der Waals surface area (Å²) in [5.41, 5.74) is 6.47. The molecule has 0 aromatic heterocycles. The van der Waals surface area contributed by atoms with Gasteiger partial charge in [0.2, 0.25) is 0 Å². The third-order valence-electron chi connectivity index (χ3n) is 1.61. The van der Waals surface area contributed by atoms with Crippen LogP contribution in [0.5, 0.6) is 0 Å². The van der Waals surface area contributed by atoms with Crippen molar-refractivity contribution in [2.75, 3.05) is 0 Å². The van der Waals surface area contributed by atoms with Crippen molar-refractivity contribution in [3.05, 3.63) is 41.5 Å². The van der Waals surface area contributed by atoms with Crippen molar-refractivity contribution in [3.8, 4) is 11.8 Å². The van der Waals surface area contributed by atoms with Crippen molar-refractivity contribution >= 4 is 18.3 Å². The number of benzene rings is 1. The van der Waals surface area contributed by atoms with Crippen LogP contribution in [0.4, 0.5) is 0 Å². The molecule has 0 unspecified atom stereocenters. The van der Waals surface area contributed by atoms with E-state index in [1.807, 2.05) is 0 Å². The van der Waals surface area contributed by atoms with E-state index in [1.54, 1.807) is 30.3 Å². The molecule has 0 heterocycles. The molecule has 0 saturated carbocycles. The van der Waals surface area contributed by atoms with E-state index >= 15 is 0 Å². The Morgan fingerprint density at radius 2 is 1.93 bits per heavy atom. The number of rotatable bonds is 2. The minimum absolute atomic E-state index is 0.653. The summed E-state index contributed by atoms with van der Waals surface area (Å²) in [4.78, 5) is 20.4. The number of hydrogen-bond donors (Lipinski definition) is 1. The Labute approximate surface area is 87.6 Å². The highest BCUT2D eigenvalue weighted by molar-refractivity contribution is 5.92. The van der Waals surface area contributed by atoms with Crippen molar-refractivity contribution in [1.82, 2.24) is 0 Å². The molecule has 0 atom stereocenters. The second kappa shape index (κ2) is 5.40. The van der Waals surface area contributed by atoms with Gasteiger partial charge in [0.25, 0.3) is 5.91 Å². The van der Waals surface area contributed by atoms with Gasteiger partial charge in [-0.1, -0.05) is 24.1 Å². The second-order valence-electron chi connectivity index (χ2n) is 2.73. The molecule has 0 fully saturated rings. The fraction of sp³-hybridized carbons (Fsp3) is 0. The number of hydrogen-bond acceptors (Lipinski definition) is 2. The molecule has 74 valence electrons. The Bertz CT molecular complexity index is 447. The molecule has 3 heteroatoms. The Balaban J connectivity index is 2.82. The zero-order chi connectivity index (χ0) is 11.1. The van der Waals surface area contributed by atoms with Crippen LogP contribution in [-0.2, 0) is 9.59 Å². The van der Waals surface area contributed by atoms with Gasteiger partial charge in [-0.05, 0) is 29.7 Å². The number of allylic oxidation sites excluding steroid dienone is 1. The van der Waals surface area contributed by atoms with Gasteiger partial charge >= 0.3 is 0 Å². The summed E-state index contributed by atoms with van der Waals surface area (Å²) in [6.45, 7) is 0. The zero-order valence-corrected chi connectivity index (χ0v) is 7.94. The standard InChI is InChI=1S/C12H9NO2/c13-12(15)8-7-11-5-3-10(4-6-11)2-1-9-14/h1-6,9H,(H2,13,15)/b2-1+. The predicted octanol–water partition coefficient (Wildman–Crippen LogP) is 0.736. The summed E-state index contributed by atoms with van der Waals surface area (Å²) in [5, 5.41) is 0. The van der Waals surface area contributed by atoms with Crippen LogP contribution in [0.1, 0.15) is 11.1 Å². The van der Waals surface area contributed by atoms with Gasteiger partial charge in [-0.15, -0.1) is 0 Å². The summed E-state index contributed by atoms with van der Waals surface area (Å²) >= 11 is 0. The van der Waals surface area contributed by atoms with Crippen molar-refractivity contribution in [3.63, 3.8) is 0 Å². The molecule has 1 aromatic rings. The maximum Gasteiger partial charge on any atom is 0.293 e. The average molecular weight is 199 g/mol. The number of carbonyl (C=O) groups excluding carboxylic acids is 2. The number of amides is 1. The van der Waals surface area contributed by atoms with Crippen LogP contribution in [0.15, 0.2) is 30.3 Å². The van der Waals surface area contributed by atoms with Crippen LogP contribution in [-0.4, -0.2) is 12.2 Å². The van der Waals surface area contributed by atoms with E-state index in [9.17, 15) is 9.59 Å². The van der Waals surface area contributed by atoms with E-state index in [2.05, 4.69) is 11.8 Å². The first-order valence-electron chi connectivity index (χ1n) is 4.26. The normalized spacial score (nSPS) is 9.33. The van der Waals surface area contributed by atoms with Gasteiger partial charge in [0.15, 0.2) is 0 Å². The van der Waals surface area contributed by atoms with Crippen molar-refractivity contribution < 1.29 is 9.59 Å². The lowest BCUT2D eigenvalue weighted by Crippen LogP contribution is -2.06. The monoisotopic (exact) mass is 199 g/mol. The quantitative estimate of drug-likeness (QED) is 0.433. The fourth-order valence-corrected chi connectivity index (χ4v) is 0.962. The van der Waals surface area contributed by atoms with Crippen LogP contribution in [0.3, 0.4) is 0 Å². The lowest BCUT2D eigenvalue weighted by atomic mass is 10.1. The van der Waals surface area contributed by atoms with Crippen molar-refractivity contribution in [1.29, 1.82) is 0 Å². The Kier molecular flexibility index (Phi) is 3.87. The molecule has 0 aliphatic carbocycles. The van der Waals surface area contributed by atoms with Crippen LogP contribution >= 0.6 is 0 Å². The maximum absolute atomic E-state index is 10.4. The van der Waals surface area contributed by atoms with Gasteiger partial charge < -0.3 is 5.73 Å². The highest BCUT2D eigenvalue weighted by atomic mass is 16.1. The molecule has 0 radical (unpaired) electrons. The fourth-order valence-electron chi connectivity index (χ4n) is 0.962. The molecule has 0 spiro atoms. The van der Waals surface area contributed by atoms with Crippen molar-refractivity contribution in [2.24, 2.45) is 5.73 Å². The highest BCUT2D eigenvalue weighted by Crippen LogP contribution is 2.04. The third-order valence-corrected chi connectivity index (χ3v) is 1.61. The maximum atomic E-state index is 10.4. The summed E-state index contributed by atoms with van der Waals surface area (Å²) in [7, 11) is 0. The van der Waals surface area contributed by atoms with Crippen LogP contribution in [0, 0.1) is 11.8 Å². The van der Waals surface area contributed by atoms with Gasteiger partial charge in [0, 0.05) is 5.56 Å². The summed E-state index contributed by atoms with van der Waals surface area (Å²) in [6, 6.07) is 7.09.